The second kappa shape index (κ2) is 14.2. The molecule has 5 rings (SSSR count). The zero-order valence-corrected chi connectivity index (χ0v) is 26.5. The number of methoxy groups -OCH3 is 2. The molecule has 0 radical (unpaired) electrons. The number of aromatic hydroxyl groups is 3. The molecule has 10 atom stereocenters. The first-order chi connectivity index (χ1) is 23.2. The Morgan fingerprint density at radius 2 is 1.55 bits per heavy atom. The van der Waals surface area contributed by atoms with E-state index in [1.165, 1.54) is 32.2 Å². The summed E-state index contributed by atoms with van der Waals surface area (Å²) >= 11 is 0. The normalized spacial score (nSPS) is 30.1. The summed E-state index contributed by atoms with van der Waals surface area (Å²) in [6.45, 7) is 1.93. The SMILES string of the molecule is COc1cc(-c2oc3c(OC)c(O[C@H]4O[C@@H](COC(C)=O)[C@H](O)[C@@H](O)[C@@H]4O[C@@H]4O[C@H](C)[C@H](O)[C@@H](O)[C@@H]4O)cc(O)c3c(=O)c2O)ccc1O. The number of esters is 1. The number of aliphatic hydroxyl groups excluding tert-OH is 5. The second-order valence-corrected chi connectivity index (χ2v) is 11.4. The summed E-state index contributed by atoms with van der Waals surface area (Å²) in [6.07, 6.45) is -16.4. The molecule has 0 saturated carbocycles. The van der Waals surface area contributed by atoms with E-state index in [0.717, 1.165) is 20.1 Å². The number of benzene rings is 2. The molecule has 0 unspecified atom stereocenters. The highest BCUT2D eigenvalue weighted by atomic mass is 16.8. The molecule has 18 nitrogen and oxygen atoms in total. The summed E-state index contributed by atoms with van der Waals surface area (Å²) in [5.74, 6) is -3.77. The standard InChI is InChI=1S/C31H36O18/c1-10-19(35)22(38)25(41)30(45-10)49-29-23(39)20(36)17(9-44-11(2)32)47-31(29)46-16-8-14(34)18-21(37)24(40)26(48-28(18)27(16)43-4)12-5-6-13(33)15(7-12)42-3/h5-8,10,17,19-20,22-23,25,29-31,33-36,38-41H,9H2,1-4H3/t10-,17+,19+,20+,22-,23-,25+,29+,30+,31+/m1/s1. The van der Waals surface area contributed by atoms with Crippen molar-refractivity contribution in [1.29, 1.82) is 0 Å². The topological polar surface area (TPSA) is 274 Å². The highest BCUT2D eigenvalue weighted by Gasteiger charge is 2.51. The molecular weight excluding hydrogens is 660 g/mol. The number of aliphatic hydroxyl groups is 5. The Balaban J connectivity index is 1.59. The van der Waals surface area contributed by atoms with Crippen LogP contribution in [0.25, 0.3) is 22.3 Å². The van der Waals surface area contributed by atoms with Crippen LogP contribution in [-0.2, 0) is 23.7 Å². The fraction of sp³-hybridized carbons (Fsp3) is 0.484. The number of hydrogen-bond acceptors (Lipinski definition) is 18. The van der Waals surface area contributed by atoms with Crippen molar-refractivity contribution in [1.82, 2.24) is 0 Å². The molecule has 2 fully saturated rings. The van der Waals surface area contributed by atoms with Crippen LogP contribution in [0.3, 0.4) is 0 Å². The van der Waals surface area contributed by atoms with Gasteiger partial charge in [0.1, 0.15) is 54.4 Å². The van der Waals surface area contributed by atoms with Gasteiger partial charge in [-0.3, -0.25) is 9.59 Å². The van der Waals surface area contributed by atoms with Gasteiger partial charge in [-0.1, -0.05) is 0 Å². The molecule has 2 saturated heterocycles. The maximum Gasteiger partial charge on any atom is 0.302 e. The zero-order valence-electron chi connectivity index (χ0n) is 26.5. The van der Waals surface area contributed by atoms with Gasteiger partial charge in [0.15, 0.2) is 41.0 Å². The Bertz CT molecular complexity index is 1740. The lowest BCUT2D eigenvalue weighted by atomic mass is 9.97. The van der Waals surface area contributed by atoms with E-state index < -0.39 is 113 Å². The highest BCUT2D eigenvalue weighted by molar-refractivity contribution is 5.93. The predicted octanol–water partition coefficient (Wildman–Crippen LogP) is -0.805. The largest absolute Gasteiger partial charge is 0.507 e. The fourth-order valence-electron chi connectivity index (χ4n) is 5.48. The Morgan fingerprint density at radius 3 is 2.20 bits per heavy atom. The number of phenolic OH excluding ortho intramolecular Hbond substituents is 2. The van der Waals surface area contributed by atoms with Gasteiger partial charge in [-0.25, -0.2) is 0 Å². The smallest absolute Gasteiger partial charge is 0.302 e. The van der Waals surface area contributed by atoms with Crippen molar-refractivity contribution in [2.24, 2.45) is 0 Å². The Labute approximate surface area is 276 Å². The number of phenols is 2. The van der Waals surface area contributed by atoms with Gasteiger partial charge in [0.05, 0.1) is 20.3 Å². The van der Waals surface area contributed by atoms with Gasteiger partial charge >= 0.3 is 5.97 Å². The van der Waals surface area contributed by atoms with E-state index in [-0.39, 0.29) is 22.8 Å². The fourth-order valence-corrected chi connectivity index (χ4v) is 5.48. The third-order valence-corrected chi connectivity index (χ3v) is 8.13. The maximum absolute atomic E-state index is 13.3. The molecule has 0 amide bonds. The third kappa shape index (κ3) is 6.77. The summed E-state index contributed by atoms with van der Waals surface area (Å²) in [7, 11) is 2.44. The Morgan fingerprint density at radius 1 is 0.837 bits per heavy atom. The molecule has 2 aliphatic heterocycles. The molecule has 18 heteroatoms. The first kappa shape index (κ1) is 35.9. The van der Waals surface area contributed by atoms with E-state index in [1.54, 1.807) is 0 Å². The van der Waals surface area contributed by atoms with Crippen LogP contribution in [0.1, 0.15) is 13.8 Å². The molecule has 49 heavy (non-hydrogen) atoms. The van der Waals surface area contributed by atoms with Crippen molar-refractivity contribution in [3.63, 3.8) is 0 Å². The van der Waals surface area contributed by atoms with E-state index in [1.807, 2.05) is 0 Å². The van der Waals surface area contributed by atoms with Crippen LogP contribution in [0.4, 0.5) is 0 Å². The number of carbonyl (C=O) groups is 1. The van der Waals surface area contributed by atoms with Crippen molar-refractivity contribution < 1.29 is 83.2 Å². The van der Waals surface area contributed by atoms with Crippen LogP contribution in [0.15, 0.2) is 33.5 Å². The molecule has 2 aromatic carbocycles. The summed E-state index contributed by atoms with van der Waals surface area (Å²) in [4.78, 5) is 24.8. The molecular formula is C31H36O18. The summed E-state index contributed by atoms with van der Waals surface area (Å²) < 4.78 is 44.4. The lowest BCUT2D eigenvalue weighted by Crippen LogP contribution is -2.64. The van der Waals surface area contributed by atoms with Gasteiger partial charge < -0.3 is 78.4 Å². The molecule has 0 spiro atoms. The second-order valence-electron chi connectivity index (χ2n) is 11.4. The molecule has 1 aromatic heterocycles. The van der Waals surface area contributed by atoms with E-state index in [4.69, 9.17) is 37.6 Å². The zero-order chi connectivity index (χ0) is 35.9. The van der Waals surface area contributed by atoms with Crippen LogP contribution < -0.4 is 19.6 Å². The van der Waals surface area contributed by atoms with E-state index in [9.17, 15) is 50.4 Å². The Hall–Kier alpha value is -4.40. The van der Waals surface area contributed by atoms with Crippen LogP contribution in [0.5, 0.6) is 34.5 Å². The summed E-state index contributed by atoms with van der Waals surface area (Å²) in [5.41, 5.74) is -1.41. The summed E-state index contributed by atoms with van der Waals surface area (Å²) in [5, 5.41) is 84.1. The Kier molecular flexibility index (Phi) is 10.4. The number of fused-ring (bicyclic) bond motifs is 1. The third-order valence-electron chi connectivity index (χ3n) is 8.13. The van der Waals surface area contributed by atoms with Crippen molar-refractivity contribution in [3.05, 3.63) is 34.5 Å². The average molecular weight is 697 g/mol. The van der Waals surface area contributed by atoms with Crippen molar-refractivity contribution in [3.8, 4) is 45.8 Å². The minimum absolute atomic E-state index is 0.0143. The van der Waals surface area contributed by atoms with E-state index in [0.29, 0.717) is 0 Å². The molecule has 3 heterocycles. The van der Waals surface area contributed by atoms with Gasteiger partial charge in [-0.15, -0.1) is 0 Å². The highest BCUT2D eigenvalue weighted by Crippen LogP contribution is 2.45. The van der Waals surface area contributed by atoms with Crippen molar-refractivity contribution >= 4 is 16.9 Å². The van der Waals surface area contributed by atoms with Crippen LogP contribution in [-0.4, -0.2) is 129 Å². The van der Waals surface area contributed by atoms with E-state index >= 15 is 0 Å². The van der Waals surface area contributed by atoms with Crippen LogP contribution in [0, 0.1) is 0 Å². The lowest BCUT2D eigenvalue weighted by molar-refractivity contribution is -0.354. The van der Waals surface area contributed by atoms with Gasteiger partial charge in [0.25, 0.3) is 0 Å². The van der Waals surface area contributed by atoms with Gasteiger partial charge in [-0.2, -0.15) is 0 Å². The number of rotatable bonds is 9. The summed E-state index contributed by atoms with van der Waals surface area (Å²) in [6, 6.07) is 4.73. The lowest BCUT2D eigenvalue weighted by Gasteiger charge is -2.45. The van der Waals surface area contributed by atoms with Crippen molar-refractivity contribution in [2.45, 2.75) is 75.3 Å². The number of hydrogen-bond donors (Lipinski definition) is 8. The molecule has 0 bridgehead atoms. The van der Waals surface area contributed by atoms with Crippen LogP contribution >= 0.6 is 0 Å². The maximum atomic E-state index is 13.3. The minimum atomic E-state index is -1.89. The average Bonchev–Trinajstić information content (AvgIpc) is 3.06. The molecule has 0 aliphatic carbocycles. The van der Waals surface area contributed by atoms with Gasteiger partial charge in [0, 0.05) is 18.6 Å². The van der Waals surface area contributed by atoms with E-state index in [2.05, 4.69) is 0 Å². The molecule has 268 valence electrons. The molecule has 2 aliphatic rings. The molecule has 3 aromatic rings. The van der Waals surface area contributed by atoms with Gasteiger partial charge in [0.2, 0.25) is 23.2 Å². The number of carbonyl (C=O) groups excluding carboxylic acids is 1. The van der Waals surface area contributed by atoms with Crippen LogP contribution in [0.2, 0.25) is 0 Å². The first-order valence-electron chi connectivity index (χ1n) is 14.8. The van der Waals surface area contributed by atoms with Crippen molar-refractivity contribution in [2.75, 3.05) is 20.8 Å². The van der Waals surface area contributed by atoms with Gasteiger partial charge in [-0.05, 0) is 25.1 Å². The molecule has 8 N–H and O–H groups in total. The quantitative estimate of drug-likeness (QED) is 0.127. The predicted molar refractivity (Wildman–Crippen MR) is 161 cm³/mol. The minimum Gasteiger partial charge on any atom is -0.507 e. The first-order valence-corrected chi connectivity index (χ1v) is 14.8. The monoisotopic (exact) mass is 696 g/mol. The number of ether oxygens (including phenoxy) is 7.